The maximum Gasteiger partial charge on any atom is 0.329 e. The van der Waals surface area contributed by atoms with Crippen molar-refractivity contribution in [3.05, 3.63) is 38.9 Å². The number of carbonyl (C=O) groups is 3. The second kappa shape index (κ2) is 10.6. The summed E-state index contributed by atoms with van der Waals surface area (Å²) in [6.45, 7) is -0.465. The number of hydrogen-bond acceptors (Lipinski definition) is 7. The van der Waals surface area contributed by atoms with Crippen LogP contribution in [0.2, 0.25) is 5.02 Å². The third-order valence-corrected chi connectivity index (χ3v) is 4.19. The van der Waals surface area contributed by atoms with Crippen LogP contribution in [-0.2, 0) is 14.3 Å². The molecule has 1 rings (SSSR count). The lowest BCUT2D eigenvalue weighted by molar-refractivity contribution is -0.384. The molecule has 2 N–H and O–H groups in total. The van der Waals surface area contributed by atoms with E-state index in [-0.39, 0.29) is 17.0 Å². The van der Waals surface area contributed by atoms with E-state index in [1.807, 2.05) is 6.26 Å². The van der Waals surface area contributed by atoms with Crippen molar-refractivity contribution in [2.75, 3.05) is 25.7 Å². The highest BCUT2D eigenvalue weighted by molar-refractivity contribution is 7.98. The van der Waals surface area contributed by atoms with Crippen molar-refractivity contribution in [2.24, 2.45) is 0 Å². The van der Waals surface area contributed by atoms with E-state index in [0.29, 0.717) is 5.75 Å². The second-order valence-electron chi connectivity index (χ2n) is 5.01. The fraction of sp³-hybridized carbons (Fsp3) is 0.400. The van der Waals surface area contributed by atoms with E-state index in [2.05, 4.69) is 10.6 Å². The normalized spacial score (nSPS) is 11.3. The van der Waals surface area contributed by atoms with Gasteiger partial charge in [-0.15, -0.1) is 0 Å². The highest BCUT2D eigenvalue weighted by Crippen LogP contribution is 2.25. The number of nitro groups is 1. The third kappa shape index (κ3) is 6.52. The number of carbonyl (C=O) groups excluding carboxylic acids is 3. The Morgan fingerprint density at radius 1 is 1.38 bits per heavy atom. The Labute approximate surface area is 158 Å². The molecule has 0 aliphatic carbocycles. The molecule has 11 heteroatoms. The summed E-state index contributed by atoms with van der Waals surface area (Å²) < 4.78 is 4.87. The van der Waals surface area contributed by atoms with E-state index in [1.54, 1.807) is 0 Å². The van der Waals surface area contributed by atoms with Gasteiger partial charge in [0, 0.05) is 18.7 Å². The number of rotatable bonds is 9. The predicted molar refractivity (Wildman–Crippen MR) is 97.4 cm³/mol. The van der Waals surface area contributed by atoms with Crippen molar-refractivity contribution in [3.63, 3.8) is 0 Å². The number of amides is 2. The highest BCUT2D eigenvalue weighted by atomic mass is 35.5. The van der Waals surface area contributed by atoms with E-state index in [1.165, 1.54) is 30.9 Å². The largest absolute Gasteiger partial charge is 0.454 e. The Morgan fingerprint density at radius 2 is 2.08 bits per heavy atom. The number of nitrogens with one attached hydrogen (secondary N) is 2. The summed E-state index contributed by atoms with van der Waals surface area (Å²) in [5.41, 5.74) is -0.434. The number of hydrogen-bond donors (Lipinski definition) is 2. The highest BCUT2D eigenvalue weighted by Gasteiger charge is 2.24. The maximum absolute atomic E-state index is 12.3. The monoisotopic (exact) mass is 403 g/mol. The molecule has 0 bridgehead atoms. The van der Waals surface area contributed by atoms with Gasteiger partial charge in [-0.25, -0.2) is 4.79 Å². The van der Waals surface area contributed by atoms with E-state index in [4.69, 9.17) is 16.3 Å². The first kappa shape index (κ1) is 21.7. The average Bonchev–Trinajstić information content (AvgIpc) is 2.62. The number of thioether (sulfide) groups is 1. The quantitative estimate of drug-likeness (QED) is 0.362. The zero-order valence-corrected chi connectivity index (χ0v) is 15.7. The van der Waals surface area contributed by atoms with E-state index in [9.17, 15) is 24.5 Å². The number of esters is 1. The minimum atomic E-state index is -0.991. The molecule has 0 heterocycles. The fourth-order valence-corrected chi connectivity index (χ4v) is 2.49. The average molecular weight is 404 g/mol. The zero-order chi connectivity index (χ0) is 19.7. The first-order valence-electron chi connectivity index (χ1n) is 7.41. The molecule has 0 saturated heterocycles. The SMILES string of the molecule is CNC(=O)COC(=O)[C@H](CCSC)NC(=O)c1ccc(Cl)c([N+](=O)[O-])c1. The third-order valence-electron chi connectivity index (χ3n) is 3.23. The van der Waals surface area contributed by atoms with Crippen molar-refractivity contribution in [1.82, 2.24) is 10.6 Å². The molecule has 0 radical (unpaired) electrons. The Bertz CT molecular complexity index is 700. The van der Waals surface area contributed by atoms with Gasteiger partial charge in [-0.05, 0) is 30.6 Å². The Morgan fingerprint density at radius 3 is 2.65 bits per heavy atom. The summed E-state index contributed by atoms with van der Waals surface area (Å²) in [6.07, 6.45) is 2.10. The van der Waals surface area contributed by atoms with Gasteiger partial charge in [-0.3, -0.25) is 19.7 Å². The lowest BCUT2D eigenvalue weighted by atomic mass is 10.1. The van der Waals surface area contributed by atoms with Gasteiger partial charge < -0.3 is 15.4 Å². The van der Waals surface area contributed by atoms with Gasteiger partial charge in [-0.1, -0.05) is 11.6 Å². The minimum absolute atomic E-state index is 0.0191. The molecular formula is C15H18ClN3O6S. The number of nitrogens with zero attached hydrogens (tertiary/aromatic N) is 1. The van der Waals surface area contributed by atoms with Crippen molar-refractivity contribution in [3.8, 4) is 0 Å². The molecule has 0 aliphatic heterocycles. The lowest BCUT2D eigenvalue weighted by Crippen LogP contribution is -2.43. The smallest absolute Gasteiger partial charge is 0.329 e. The Balaban J connectivity index is 2.88. The van der Waals surface area contributed by atoms with Gasteiger partial charge in [0.1, 0.15) is 11.1 Å². The Hall–Kier alpha value is -2.33. The van der Waals surface area contributed by atoms with E-state index < -0.39 is 41.0 Å². The number of halogens is 1. The van der Waals surface area contributed by atoms with Crippen LogP contribution in [0.1, 0.15) is 16.8 Å². The molecular weight excluding hydrogens is 386 g/mol. The number of nitro benzene ring substituents is 1. The molecule has 142 valence electrons. The maximum atomic E-state index is 12.3. The molecule has 2 amide bonds. The van der Waals surface area contributed by atoms with Crippen LogP contribution in [-0.4, -0.2) is 54.4 Å². The molecule has 0 fully saturated rings. The molecule has 0 aromatic heterocycles. The van der Waals surface area contributed by atoms with E-state index in [0.717, 1.165) is 6.07 Å². The van der Waals surface area contributed by atoms with Crippen molar-refractivity contribution in [1.29, 1.82) is 0 Å². The fourth-order valence-electron chi connectivity index (χ4n) is 1.83. The van der Waals surface area contributed by atoms with Crippen LogP contribution < -0.4 is 10.6 Å². The lowest BCUT2D eigenvalue weighted by Gasteiger charge is -2.17. The molecule has 26 heavy (non-hydrogen) atoms. The van der Waals surface area contributed by atoms with Crippen molar-refractivity contribution < 1.29 is 24.0 Å². The summed E-state index contributed by atoms with van der Waals surface area (Å²) in [5, 5.41) is 15.6. The van der Waals surface area contributed by atoms with Crippen LogP contribution in [0.25, 0.3) is 0 Å². The van der Waals surface area contributed by atoms with Gasteiger partial charge in [-0.2, -0.15) is 11.8 Å². The standard InChI is InChI=1S/C15H18ClN3O6S/c1-17-13(20)8-25-15(22)11(5-6-26-2)18-14(21)9-3-4-10(16)12(7-9)19(23)24/h3-4,7,11H,5-6,8H2,1-2H3,(H,17,20)(H,18,21)/t11-/m0/s1. The van der Waals surface area contributed by atoms with E-state index >= 15 is 0 Å². The first-order chi connectivity index (χ1) is 12.3. The predicted octanol–water partition coefficient (Wildman–Crippen LogP) is 1.39. The van der Waals surface area contributed by atoms with Gasteiger partial charge in [0.2, 0.25) is 0 Å². The molecule has 1 aromatic carbocycles. The number of benzene rings is 1. The summed E-state index contributed by atoms with van der Waals surface area (Å²) in [5.74, 6) is -1.38. The summed E-state index contributed by atoms with van der Waals surface area (Å²) in [7, 11) is 1.40. The van der Waals surface area contributed by atoms with Crippen LogP contribution in [0.3, 0.4) is 0 Å². The van der Waals surface area contributed by atoms with Crippen molar-refractivity contribution >= 4 is 46.8 Å². The van der Waals surface area contributed by atoms with Crippen molar-refractivity contribution in [2.45, 2.75) is 12.5 Å². The summed E-state index contributed by atoms with van der Waals surface area (Å²) in [6, 6.07) is 2.58. The topological polar surface area (TPSA) is 128 Å². The molecule has 1 atom stereocenters. The van der Waals surface area contributed by atoms with Crippen LogP contribution in [0.15, 0.2) is 18.2 Å². The van der Waals surface area contributed by atoms with Gasteiger partial charge in [0.15, 0.2) is 6.61 Å². The van der Waals surface area contributed by atoms with Crippen LogP contribution in [0.5, 0.6) is 0 Å². The van der Waals surface area contributed by atoms with Crippen LogP contribution in [0, 0.1) is 10.1 Å². The molecule has 0 saturated carbocycles. The Kier molecular flexibility index (Phi) is 8.86. The van der Waals surface area contributed by atoms with Gasteiger partial charge in [0.05, 0.1) is 4.92 Å². The molecule has 0 unspecified atom stereocenters. The minimum Gasteiger partial charge on any atom is -0.454 e. The first-order valence-corrected chi connectivity index (χ1v) is 9.18. The van der Waals surface area contributed by atoms with Gasteiger partial charge >= 0.3 is 5.97 Å². The van der Waals surface area contributed by atoms with Crippen LogP contribution in [0.4, 0.5) is 5.69 Å². The van der Waals surface area contributed by atoms with Crippen LogP contribution >= 0.6 is 23.4 Å². The molecule has 9 nitrogen and oxygen atoms in total. The number of likely N-dealkylation sites (N-methyl/N-ethyl adjacent to an activating group) is 1. The summed E-state index contributed by atoms with van der Waals surface area (Å²) >= 11 is 7.18. The second-order valence-corrected chi connectivity index (χ2v) is 6.40. The molecule has 0 aliphatic rings. The molecule has 1 aromatic rings. The molecule has 0 spiro atoms. The zero-order valence-electron chi connectivity index (χ0n) is 14.1. The summed E-state index contributed by atoms with van der Waals surface area (Å²) in [4.78, 5) is 45.8. The van der Waals surface area contributed by atoms with Gasteiger partial charge in [0.25, 0.3) is 17.5 Å². The number of ether oxygens (including phenoxy) is 1.